The van der Waals surface area contributed by atoms with Crippen LogP contribution in [0.1, 0.15) is 45.7 Å². The van der Waals surface area contributed by atoms with Crippen molar-refractivity contribution in [2.75, 3.05) is 13.2 Å². The summed E-state index contributed by atoms with van der Waals surface area (Å²) < 4.78 is 5.55. The number of benzene rings is 1. The van der Waals surface area contributed by atoms with Gasteiger partial charge in [-0.2, -0.15) is 0 Å². The average Bonchev–Trinajstić information content (AvgIpc) is 2.79. The monoisotopic (exact) mass is 345 g/mol. The number of carbonyl (C=O) groups excluding carboxylic acids is 2. The van der Waals surface area contributed by atoms with Gasteiger partial charge in [0.05, 0.1) is 24.3 Å². The van der Waals surface area contributed by atoms with Gasteiger partial charge in [0.25, 0.3) is 5.91 Å². The SMILES string of the molecule is CC(C)CC(=O)C1=C(O)C(=O)N(CCOC(C)C)C1c1ccccc1. The molecule has 1 amide bonds. The van der Waals surface area contributed by atoms with E-state index < -0.39 is 17.7 Å². The molecule has 1 N–H and O–H groups in total. The molecule has 5 nitrogen and oxygen atoms in total. The van der Waals surface area contributed by atoms with Crippen molar-refractivity contribution < 1.29 is 19.4 Å². The van der Waals surface area contributed by atoms with Crippen molar-refractivity contribution in [3.05, 3.63) is 47.2 Å². The molecule has 1 heterocycles. The number of Topliss-reactive ketones (excluding diaryl/α,β-unsaturated/α-hetero) is 1. The summed E-state index contributed by atoms with van der Waals surface area (Å²) in [5.74, 6) is -0.961. The molecule has 0 aromatic heterocycles. The van der Waals surface area contributed by atoms with Crippen LogP contribution in [0.4, 0.5) is 0 Å². The predicted molar refractivity (Wildman–Crippen MR) is 96.1 cm³/mol. The summed E-state index contributed by atoms with van der Waals surface area (Å²) in [6.45, 7) is 8.41. The fourth-order valence-electron chi connectivity index (χ4n) is 3.02. The van der Waals surface area contributed by atoms with Gasteiger partial charge in [0, 0.05) is 13.0 Å². The van der Waals surface area contributed by atoms with Gasteiger partial charge in [0.2, 0.25) is 0 Å². The second kappa shape index (κ2) is 8.30. The van der Waals surface area contributed by atoms with Crippen molar-refractivity contribution in [3.63, 3.8) is 0 Å². The minimum atomic E-state index is -0.560. The van der Waals surface area contributed by atoms with Crippen LogP contribution in [0.3, 0.4) is 0 Å². The van der Waals surface area contributed by atoms with Crippen LogP contribution in [0.15, 0.2) is 41.7 Å². The van der Waals surface area contributed by atoms with Gasteiger partial charge < -0.3 is 14.7 Å². The van der Waals surface area contributed by atoms with E-state index in [1.54, 1.807) is 0 Å². The number of rotatable bonds is 8. The Balaban J connectivity index is 2.35. The van der Waals surface area contributed by atoms with E-state index in [0.29, 0.717) is 19.6 Å². The lowest BCUT2D eigenvalue weighted by atomic mass is 9.92. The fraction of sp³-hybridized carbons (Fsp3) is 0.500. The molecule has 1 aromatic rings. The lowest BCUT2D eigenvalue weighted by molar-refractivity contribution is -0.130. The third-order valence-electron chi connectivity index (χ3n) is 4.10. The molecular weight excluding hydrogens is 318 g/mol. The minimum absolute atomic E-state index is 0.0523. The van der Waals surface area contributed by atoms with Crippen LogP contribution in [-0.4, -0.2) is 41.0 Å². The number of nitrogens with zero attached hydrogens (tertiary/aromatic N) is 1. The van der Waals surface area contributed by atoms with Gasteiger partial charge in [-0.3, -0.25) is 9.59 Å². The van der Waals surface area contributed by atoms with Gasteiger partial charge in [0.1, 0.15) is 0 Å². The Kier molecular flexibility index (Phi) is 6.37. The van der Waals surface area contributed by atoms with Gasteiger partial charge in [-0.1, -0.05) is 44.2 Å². The van der Waals surface area contributed by atoms with E-state index in [0.717, 1.165) is 5.56 Å². The smallest absolute Gasteiger partial charge is 0.290 e. The molecule has 1 unspecified atom stereocenters. The summed E-state index contributed by atoms with van der Waals surface area (Å²) in [6.07, 6.45) is 0.350. The molecule has 136 valence electrons. The van der Waals surface area contributed by atoms with Gasteiger partial charge in [-0.05, 0) is 25.3 Å². The lowest BCUT2D eigenvalue weighted by Crippen LogP contribution is -2.34. The lowest BCUT2D eigenvalue weighted by Gasteiger charge is -2.27. The number of carbonyl (C=O) groups is 2. The van der Waals surface area contributed by atoms with E-state index in [1.807, 2.05) is 58.0 Å². The normalized spacial score (nSPS) is 17.9. The summed E-state index contributed by atoms with van der Waals surface area (Å²) in [4.78, 5) is 26.8. The molecule has 1 atom stereocenters. The Morgan fingerprint density at radius 1 is 1.20 bits per heavy atom. The molecule has 1 aromatic carbocycles. The zero-order valence-corrected chi connectivity index (χ0v) is 15.4. The number of amides is 1. The molecule has 1 aliphatic rings. The molecule has 0 fully saturated rings. The summed E-state index contributed by atoms with van der Waals surface area (Å²) in [6, 6.07) is 8.79. The first-order chi connectivity index (χ1) is 11.8. The Bertz CT molecular complexity index is 649. The molecule has 0 radical (unpaired) electrons. The topological polar surface area (TPSA) is 66.8 Å². The van der Waals surface area contributed by atoms with Gasteiger partial charge in [-0.25, -0.2) is 0 Å². The van der Waals surface area contributed by atoms with Gasteiger partial charge >= 0.3 is 0 Å². The average molecular weight is 345 g/mol. The van der Waals surface area contributed by atoms with Crippen molar-refractivity contribution in [2.45, 2.75) is 46.3 Å². The van der Waals surface area contributed by atoms with Crippen LogP contribution in [0.25, 0.3) is 0 Å². The van der Waals surface area contributed by atoms with E-state index in [2.05, 4.69) is 0 Å². The van der Waals surface area contributed by atoms with Crippen molar-refractivity contribution >= 4 is 11.7 Å². The molecule has 0 saturated heterocycles. The first-order valence-corrected chi connectivity index (χ1v) is 8.76. The zero-order valence-electron chi connectivity index (χ0n) is 15.4. The van der Waals surface area contributed by atoms with E-state index >= 15 is 0 Å². The number of ether oxygens (including phenoxy) is 1. The highest BCUT2D eigenvalue weighted by Crippen LogP contribution is 2.38. The Morgan fingerprint density at radius 3 is 2.40 bits per heavy atom. The molecule has 1 aliphatic heterocycles. The summed E-state index contributed by atoms with van der Waals surface area (Å²) in [5.41, 5.74) is 1.02. The van der Waals surface area contributed by atoms with Crippen molar-refractivity contribution in [2.24, 2.45) is 5.92 Å². The molecule has 0 bridgehead atoms. The molecular formula is C20H27NO4. The number of aliphatic hydroxyl groups is 1. The number of ketones is 1. The van der Waals surface area contributed by atoms with E-state index in [1.165, 1.54) is 4.90 Å². The van der Waals surface area contributed by atoms with Crippen molar-refractivity contribution in [1.82, 2.24) is 4.90 Å². The molecule has 0 aliphatic carbocycles. The highest BCUT2D eigenvalue weighted by molar-refractivity contribution is 6.09. The van der Waals surface area contributed by atoms with Crippen LogP contribution >= 0.6 is 0 Å². The maximum atomic E-state index is 12.7. The van der Waals surface area contributed by atoms with Crippen LogP contribution in [-0.2, 0) is 14.3 Å². The van der Waals surface area contributed by atoms with E-state index in [4.69, 9.17) is 4.74 Å². The molecule has 25 heavy (non-hydrogen) atoms. The zero-order chi connectivity index (χ0) is 18.6. The molecule has 0 saturated carbocycles. The summed E-state index contributed by atoms with van der Waals surface area (Å²) in [5, 5.41) is 10.4. The Hall–Kier alpha value is -2.14. The second-order valence-electron chi connectivity index (χ2n) is 7.01. The minimum Gasteiger partial charge on any atom is -0.503 e. The van der Waals surface area contributed by atoms with Crippen LogP contribution in [0.2, 0.25) is 0 Å². The standard InChI is InChI=1S/C20H27NO4/c1-13(2)12-16(22)17-18(15-8-6-5-7-9-15)21(20(24)19(17)23)10-11-25-14(3)4/h5-9,13-14,18,23H,10-12H2,1-4H3. The first-order valence-electron chi connectivity index (χ1n) is 8.76. The highest BCUT2D eigenvalue weighted by Gasteiger charge is 2.43. The van der Waals surface area contributed by atoms with Gasteiger partial charge in [-0.15, -0.1) is 0 Å². The number of hydrogen-bond donors (Lipinski definition) is 1. The highest BCUT2D eigenvalue weighted by atomic mass is 16.5. The molecule has 2 rings (SSSR count). The predicted octanol–water partition coefficient (Wildman–Crippen LogP) is 3.42. The van der Waals surface area contributed by atoms with Crippen molar-refractivity contribution in [3.8, 4) is 0 Å². The number of aliphatic hydroxyl groups excluding tert-OH is 1. The van der Waals surface area contributed by atoms with Crippen molar-refractivity contribution in [1.29, 1.82) is 0 Å². The number of hydrogen-bond acceptors (Lipinski definition) is 4. The first kappa shape index (κ1) is 19.2. The third kappa shape index (κ3) is 4.48. The van der Waals surface area contributed by atoms with E-state index in [9.17, 15) is 14.7 Å². The maximum Gasteiger partial charge on any atom is 0.290 e. The molecule has 5 heteroatoms. The summed E-state index contributed by atoms with van der Waals surface area (Å²) >= 11 is 0. The van der Waals surface area contributed by atoms with Crippen LogP contribution < -0.4 is 0 Å². The van der Waals surface area contributed by atoms with Gasteiger partial charge in [0.15, 0.2) is 11.5 Å². The van der Waals surface area contributed by atoms with E-state index in [-0.39, 0.29) is 23.4 Å². The fourth-order valence-corrected chi connectivity index (χ4v) is 3.02. The Labute approximate surface area is 149 Å². The Morgan fingerprint density at radius 2 is 1.84 bits per heavy atom. The van der Waals surface area contributed by atoms with Crippen LogP contribution in [0, 0.1) is 5.92 Å². The summed E-state index contributed by atoms with van der Waals surface area (Å²) in [7, 11) is 0. The largest absolute Gasteiger partial charge is 0.503 e. The maximum absolute atomic E-state index is 12.7. The molecule has 0 spiro atoms. The van der Waals surface area contributed by atoms with Crippen LogP contribution in [0.5, 0.6) is 0 Å². The second-order valence-corrected chi connectivity index (χ2v) is 7.01. The quantitative estimate of drug-likeness (QED) is 0.784. The third-order valence-corrected chi connectivity index (χ3v) is 4.10.